The molecule has 1 fully saturated rings. The number of rotatable bonds is 1. The molecule has 0 radical (unpaired) electrons. The van der Waals surface area contributed by atoms with Crippen molar-refractivity contribution in [3.63, 3.8) is 0 Å². The predicted molar refractivity (Wildman–Crippen MR) is 67.6 cm³/mol. The van der Waals surface area contributed by atoms with Crippen LogP contribution in [-0.4, -0.2) is 6.54 Å². The third-order valence-corrected chi connectivity index (χ3v) is 4.75. The molecule has 2 N–H and O–H groups in total. The molecule has 2 aliphatic rings. The summed E-state index contributed by atoms with van der Waals surface area (Å²) in [6.07, 6.45) is 7.16. The van der Waals surface area contributed by atoms with Crippen molar-refractivity contribution in [2.45, 2.75) is 49.9 Å². The largest absolute Gasteiger partial charge is 0.330 e. The van der Waals surface area contributed by atoms with Crippen molar-refractivity contribution < 1.29 is 4.39 Å². The van der Waals surface area contributed by atoms with Crippen molar-refractivity contribution in [3.05, 3.63) is 35.1 Å². The summed E-state index contributed by atoms with van der Waals surface area (Å²) in [6.45, 7) is 0.651. The zero-order valence-electron chi connectivity index (χ0n) is 10.2. The van der Waals surface area contributed by atoms with Gasteiger partial charge in [0.1, 0.15) is 5.82 Å². The molecule has 0 saturated heterocycles. The third kappa shape index (κ3) is 1.61. The van der Waals surface area contributed by atoms with Gasteiger partial charge in [0.15, 0.2) is 0 Å². The normalized spacial score (nSPS) is 26.1. The van der Waals surface area contributed by atoms with E-state index in [-0.39, 0.29) is 11.2 Å². The molecule has 0 amide bonds. The van der Waals surface area contributed by atoms with Gasteiger partial charge in [-0.1, -0.05) is 31.4 Å². The lowest BCUT2D eigenvalue weighted by atomic mass is 9.70. The van der Waals surface area contributed by atoms with Gasteiger partial charge in [0.25, 0.3) is 0 Å². The molecule has 1 aromatic rings. The predicted octanol–water partition coefficient (Wildman–Crippen LogP) is 3.47. The van der Waals surface area contributed by atoms with Gasteiger partial charge >= 0.3 is 0 Å². The summed E-state index contributed by atoms with van der Waals surface area (Å²) in [7, 11) is 0. The Morgan fingerprint density at radius 3 is 2.71 bits per heavy atom. The molecule has 0 aromatic heterocycles. The number of halogens is 1. The molecular formula is C15H20FN. The summed E-state index contributed by atoms with van der Waals surface area (Å²) in [4.78, 5) is 0. The van der Waals surface area contributed by atoms with Gasteiger partial charge in [-0.25, -0.2) is 4.39 Å². The number of hydrogen-bond donors (Lipinski definition) is 1. The molecule has 1 atom stereocenters. The summed E-state index contributed by atoms with van der Waals surface area (Å²) < 4.78 is 14.2. The summed E-state index contributed by atoms with van der Waals surface area (Å²) in [5.74, 6) is 0.374. The average molecular weight is 233 g/mol. The molecule has 1 aromatic carbocycles. The quantitative estimate of drug-likeness (QED) is 0.789. The highest BCUT2D eigenvalue weighted by Gasteiger charge is 2.45. The second kappa shape index (κ2) is 4.09. The number of hydrogen-bond acceptors (Lipinski definition) is 1. The molecule has 1 saturated carbocycles. The number of nitrogens with two attached hydrogens (primary N) is 1. The Labute approximate surface area is 102 Å². The van der Waals surface area contributed by atoms with Crippen molar-refractivity contribution in [3.8, 4) is 0 Å². The molecule has 3 rings (SSSR count). The Morgan fingerprint density at radius 1 is 1.24 bits per heavy atom. The molecule has 1 unspecified atom stereocenters. The van der Waals surface area contributed by atoms with Crippen LogP contribution in [0.5, 0.6) is 0 Å². The van der Waals surface area contributed by atoms with E-state index < -0.39 is 0 Å². The van der Waals surface area contributed by atoms with E-state index in [2.05, 4.69) is 6.07 Å². The molecule has 2 heteroatoms. The van der Waals surface area contributed by atoms with E-state index in [1.54, 1.807) is 6.07 Å². The molecule has 1 nitrogen and oxygen atoms in total. The summed E-state index contributed by atoms with van der Waals surface area (Å²) in [5, 5.41) is 0. The minimum atomic E-state index is 0.000324. The van der Waals surface area contributed by atoms with Crippen LogP contribution in [0.1, 0.15) is 55.6 Å². The van der Waals surface area contributed by atoms with Crippen LogP contribution in [0.2, 0.25) is 0 Å². The fraction of sp³-hybridized carbons (Fsp3) is 0.600. The summed E-state index contributed by atoms with van der Waals surface area (Å²) >= 11 is 0. The van der Waals surface area contributed by atoms with E-state index in [1.807, 2.05) is 6.07 Å². The Balaban J connectivity index is 2.10. The van der Waals surface area contributed by atoms with Gasteiger partial charge in [0.05, 0.1) is 0 Å². The lowest BCUT2D eigenvalue weighted by Gasteiger charge is -2.35. The van der Waals surface area contributed by atoms with Crippen LogP contribution in [0.3, 0.4) is 0 Å². The summed E-state index contributed by atoms with van der Waals surface area (Å²) in [6, 6.07) is 5.53. The first-order valence-electron chi connectivity index (χ1n) is 6.76. The maximum Gasteiger partial charge on any atom is 0.127 e. The minimum Gasteiger partial charge on any atom is -0.330 e. The lowest BCUT2D eigenvalue weighted by molar-refractivity contribution is 0.274. The number of benzene rings is 1. The van der Waals surface area contributed by atoms with Gasteiger partial charge in [0.2, 0.25) is 0 Å². The van der Waals surface area contributed by atoms with Gasteiger partial charge in [-0.05, 0) is 54.3 Å². The maximum absolute atomic E-state index is 14.2. The highest BCUT2D eigenvalue weighted by atomic mass is 19.1. The Hall–Kier alpha value is -0.890. The van der Waals surface area contributed by atoms with Crippen LogP contribution in [-0.2, 0) is 5.41 Å². The third-order valence-electron chi connectivity index (χ3n) is 4.75. The van der Waals surface area contributed by atoms with E-state index in [4.69, 9.17) is 5.73 Å². The van der Waals surface area contributed by atoms with E-state index in [1.165, 1.54) is 24.8 Å². The number of fused-ring (bicyclic) bond motifs is 2. The molecule has 2 aliphatic carbocycles. The first-order chi connectivity index (χ1) is 8.27. The summed E-state index contributed by atoms with van der Waals surface area (Å²) in [5.41, 5.74) is 8.18. The second-order valence-corrected chi connectivity index (χ2v) is 5.68. The van der Waals surface area contributed by atoms with Crippen molar-refractivity contribution in [1.82, 2.24) is 0 Å². The SMILES string of the molecule is NCC1CC2(CCCCC2)c2c(F)cccc21. The highest BCUT2D eigenvalue weighted by molar-refractivity contribution is 5.44. The standard InChI is InChI=1S/C15H20FN/c16-13-6-4-5-12-11(10-17)9-15(14(12)13)7-2-1-3-8-15/h4-6,11H,1-3,7-10,17H2. The van der Waals surface area contributed by atoms with Crippen LogP contribution in [0.4, 0.5) is 4.39 Å². The van der Waals surface area contributed by atoms with Gasteiger partial charge < -0.3 is 5.73 Å². The van der Waals surface area contributed by atoms with Crippen LogP contribution in [0.15, 0.2) is 18.2 Å². The van der Waals surface area contributed by atoms with Crippen molar-refractivity contribution >= 4 is 0 Å². The zero-order chi connectivity index (χ0) is 11.9. The highest BCUT2D eigenvalue weighted by Crippen LogP contribution is 2.53. The average Bonchev–Trinajstić information content (AvgIpc) is 2.66. The Bertz CT molecular complexity index is 421. The van der Waals surface area contributed by atoms with Crippen LogP contribution < -0.4 is 5.73 Å². The van der Waals surface area contributed by atoms with Crippen LogP contribution in [0, 0.1) is 5.82 Å². The lowest BCUT2D eigenvalue weighted by Crippen LogP contribution is -2.27. The molecule has 1 spiro atoms. The molecule has 0 bridgehead atoms. The molecular weight excluding hydrogens is 213 g/mol. The topological polar surface area (TPSA) is 26.0 Å². The Morgan fingerprint density at radius 2 is 2.00 bits per heavy atom. The van der Waals surface area contributed by atoms with Crippen molar-refractivity contribution in [1.29, 1.82) is 0 Å². The zero-order valence-corrected chi connectivity index (χ0v) is 10.2. The molecule has 92 valence electrons. The van der Waals surface area contributed by atoms with Gasteiger partial charge in [0, 0.05) is 0 Å². The fourth-order valence-electron chi connectivity index (χ4n) is 4.02. The smallest absolute Gasteiger partial charge is 0.127 e. The molecule has 0 aliphatic heterocycles. The first-order valence-corrected chi connectivity index (χ1v) is 6.76. The van der Waals surface area contributed by atoms with E-state index in [0.29, 0.717) is 12.5 Å². The van der Waals surface area contributed by atoms with E-state index in [9.17, 15) is 4.39 Å². The maximum atomic E-state index is 14.2. The first kappa shape index (κ1) is 11.2. The Kier molecular flexibility index (Phi) is 2.70. The van der Waals surface area contributed by atoms with E-state index >= 15 is 0 Å². The second-order valence-electron chi connectivity index (χ2n) is 5.68. The van der Waals surface area contributed by atoms with Gasteiger partial charge in [-0.3, -0.25) is 0 Å². The van der Waals surface area contributed by atoms with E-state index in [0.717, 1.165) is 24.8 Å². The minimum absolute atomic E-state index is 0.000324. The van der Waals surface area contributed by atoms with Gasteiger partial charge in [-0.2, -0.15) is 0 Å². The van der Waals surface area contributed by atoms with Gasteiger partial charge in [-0.15, -0.1) is 0 Å². The van der Waals surface area contributed by atoms with Crippen molar-refractivity contribution in [2.75, 3.05) is 6.54 Å². The van der Waals surface area contributed by atoms with Crippen molar-refractivity contribution in [2.24, 2.45) is 5.73 Å². The fourth-order valence-corrected chi connectivity index (χ4v) is 4.02. The molecule has 17 heavy (non-hydrogen) atoms. The monoisotopic (exact) mass is 233 g/mol. The molecule has 0 heterocycles. The van der Waals surface area contributed by atoms with Crippen LogP contribution >= 0.6 is 0 Å². The van der Waals surface area contributed by atoms with Crippen LogP contribution in [0.25, 0.3) is 0 Å².